The van der Waals surface area contributed by atoms with Crippen molar-refractivity contribution in [3.8, 4) is 0 Å². The van der Waals surface area contributed by atoms with Crippen molar-refractivity contribution in [1.82, 2.24) is 0 Å². The van der Waals surface area contributed by atoms with Crippen LogP contribution in [0.25, 0.3) is 0 Å². The maximum absolute atomic E-state index is 13.4. The number of ketones is 1. The van der Waals surface area contributed by atoms with Crippen LogP contribution in [0.4, 0.5) is 8.78 Å². The third kappa shape index (κ3) is 2.20. The molecule has 1 aromatic carbocycles. The summed E-state index contributed by atoms with van der Waals surface area (Å²) in [6.07, 6.45) is 0. The van der Waals surface area contributed by atoms with Gasteiger partial charge in [0.1, 0.15) is 11.6 Å². The van der Waals surface area contributed by atoms with E-state index >= 15 is 0 Å². The molecule has 0 aliphatic rings. The number of carbonyl (C=O) groups is 2. The quantitative estimate of drug-likeness (QED) is 0.675. The number of halogens is 3. The molecule has 0 radical (unpaired) electrons. The molecule has 0 bridgehead atoms. The Morgan fingerprint density at radius 2 is 1.93 bits per heavy atom. The molecular formula is C9H6BrF2NO2. The molecule has 15 heavy (non-hydrogen) atoms. The van der Waals surface area contributed by atoms with Crippen molar-refractivity contribution in [2.24, 2.45) is 5.73 Å². The third-order valence-corrected chi connectivity index (χ3v) is 2.27. The zero-order chi connectivity index (χ0) is 11.6. The Morgan fingerprint density at radius 3 is 2.40 bits per heavy atom. The summed E-state index contributed by atoms with van der Waals surface area (Å²) < 4.78 is 26.5. The molecule has 0 aliphatic carbocycles. The summed E-state index contributed by atoms with van der Waals surface area (Å²) in [4.78, 5) is 21.9. The predicted octanol–water partition coefficient (Wildman–Crippen LogP) is 1.64. The number of hydrogen-bond acceptors (Lipinski definition) is 2. The topological polar surface area (TPSA) is 60.2 Å². The van der Waals surface area contributed by atoms with Gasteiger partial charge in [0.2, 0.25) is 0 Å². The Hall–Kier alpha value is -1.30. The Morgan fingerprint density at radius 1 is 1.33 bits per heavy atom. The van der Waals surface area contributed by atoms with Gasteiger partial charge in [-0.3, -0.25) is 9.59 Å². The average molecular weight is 278 g/mol. The largest absolute Gasteiger partial charge is 0.366 e. The van der Waals surface area contributed by atoms with Crippen molar-refractivity contribution in [2.45, 2.75) is 0 Å². The minimum atomic E-state index is -1.22. The van der Waals surface area contributed by atoms with E-state index < -0.39 is 34.5 Å². The van der Waals surface area contributed by atoms with Crippen molar-refractivity contribution in [2.75, 3.05) is 5.33 Å². The van der Waals surface area contributed by atoms with E-state index in [0.29, 0.717) is 0 Å². The first kappa shape index (κ1) is 11.8. The summed E-state index contributed by atoms with van der Waals surface area (Å²) in [5, 5.41) is -0.233. The van der Waals surface area contributed by atoms with E-state index in [1.807, 2.05) is 0 Å². The second-order valence-corrected chi connectivity index (χ2v) is 3.27. The van der Waals surface area contributed by atoms with Gasteiger partial charge in [0.05, 0.1) is 16.5 Å². The lowest BCUT2D eigenvalue weighted by molar-refractivity contribution is 0.0996. The lowest BCUT2D eigenvalue weighted by Gasteiger charge is -2.04. The Kier molecular flexibility index (Phi) is 3.52. The molecule has 0 saturated heterocycles. The number of rotatable bonds is 3. The fourth-order valence-corrected chi connectivity index (χ4v) is 1.35. The van der Waals surface area contributed by atoms with Gasteiger partial charge in [-0.05, 0) is 12.1 Å². The predicted molar refractivity (Wildman–Crippen MR) is 53.0 cm³/mol. The van der Waals surface area contributed by atoms with E-state index in [2.05, 4.69) is 15.9 Å². The summed E-state index contributed by atoms with van der Waals surface area (Å²) >= 11 is 2.78. The smallest absolute Gasteiger partial charge is 0.251 e. The highest BCUT2D eigenvalue weighted by Crippen LogP contribution is 2.17. The molecule has 0 fully saturated rings. The molecule has 0 aromatic heterocycles. The number of hydrogen-bond donors (Lipinski definition) is 1. The van der Waals surface area contributed by atoms with Gasteiger partial charge >= 0.3 is 0 Å². The van der Waals surface area contributed by atoms with E-state index in [1.165, 1.54) is 0 Å². The zero-order valence-corrected chi connectivity index (χ0v) is 8.98. The van der Waals surface area contributed by atoms with Gasteiger partial charge in [0.25, 0.3) is 5.91 Å². The molecule has 0 spiro atoms. The molecule has 2 N–H and O–H groups in total. The van der Waals surface area contributed by atoms with Crippen LogP contribution in [0.1, 0.15) is 20.7 Å². The summed E-state index contributed by atoms with van der Waals surface area (Å²) in [5.41, 5.74) is 3.60. The fraction of sp³-hybridized carbons (Fsp3) is 0.111. The van der Waals surface area contributed by atoms with Crippen LogP contribution < -0.4 is 5.73 Å². The fourth-order valence-electron chi connectivity index (χ4n) is 1.07. The molecule has 80 valence electrons. The summed E-state index contributed by atoms with van der Waals surface area (Å²) in [5.74, 6) is -4.06. The summed E-state index contributed by atoms with van der Waals surface area (Å²) in [6, 6.07) is 1.73. The number of alkyl halides is 1. The first-order chi connectivity index (χ1) is 6.99. The second-order valence-electron chi connectivity index (χ2n) is 2.70. The Balaban J connectivity index is 3.43. The van der Waals surface area contributed by atoms with Gasteiger partial charge in [0, 0.05) is 0 Å². The van der Waals surface area contributed by atoms with Gasteiger partial charge in [-0.15, -0.1) is 0 Å². The Labute approximate surface area is 92.4 Å². The highest BCUT2D eigenvalue weighted by atomic mass is 79.9. The Bertz CT molecular complexity index is 434. The maximum Gasteiger partial charge on any atom is 0.251 e. The van der Waals surface area contributed by atoms with Gasteiger partial charge in [0.15, 0.2) is 5.78 Å². The number of carbonyl (C=O) groups excluding carboxylic acids is 2. The molecule has 0 heterocycles. The van der Waals surface area contributed by atoms with Gasteiger partial charge < -0.3 is 5.73 Å². The van der Waals surface area contributed by atoms with Crippen LogP contribution >= 0.6 is 15.9 Å². The van der Waals surface area contributed by atoms with Crippen LogP contribution in [0.15, 0.2) is 12.1 Å². The lowest BCUT2D eigenvalue weighted by atomic mass is 10.1. The molecule has 1 rings (SSSR count). The van der Waals surface area contributed by atoms with Crippen molar-refractivity contribution >= 4 is 27.6 Å². The van der Waals surface area contributed by atoms with Crippen molar-refractivity contribution < 1.29 is 18.4 Å². The van der Waals surface area contributed by atoms with Crippen molar-refractivity contribution in [3.05, 3.63) is 34.9 Å². The molecule has 0 aliphatic heterocycles. The molecule has 1 amide bonds. The molecule has 1 aromatic rings. The molecular weight excluding hydrogens is 272 g/mol. The minimum absolute atomic E-state index is 0.233. The van der Waals surface area contributed by atoms with Crippen LogP contribution in [0, 0.1) is 11.6 Å². The van der Waals surface area contributed by atoms with E-state index in [-0.39, 0.29) is 5.33 Å². The SMILES string of the molecule is NC(=O)c1ccc(F)c(C(=O)CBr)c1F. The van der Waals surface area contributed by atoms with Crippen LogP contribution in [0.5, 0.6) is 0 Å². The maximum atomic E-state index is 13.4. The molecule has 6 heteroatoms. The van der Waals surface area contributed by atoms with E-state index in [1.54, 1.807) is 0 Å². The van der Waals surface area contributed by atoms with Gasteiger partial charge in [-0.1, -0.05) is 15.9 Å². The summed E-state index contributed by atoms with van der Waals surface area (Å²) in [6.45, 7) is 0. The van der Waals surface area contributed by atoms with Crippen LogP contribution in [-0.2, 0) is 0 Å². The van der Waals surface area contributed by atoms with Gasteiger partial charge in [-0.25, -0.2) is 8.78 Å². The average Bonchev–Trinajstić information content (AvgIpc) is 2.16. The third-order valence-electron chi connectivity index (χ3n) is 1.76. The first-order valence-electron chi connectivity index (χ1n) is 3.86. The first-order valence-corrected chi connectivity index (χ1v) is 4.98. The van der Waals surface area contributed by atoms with Crippen LogP contribution in [0.3, 0.4) is 0 Å². The highest BCUT2D eigenvalue weighted by molar-refractivity contribution is 9.09. The lowest BCUT2D eigenvalue weighted by Crippen LogP contribution is -2.17. The number of amides is 1. The van der Waals surface area contributed by atoms with E-state index in [0.717, 1.165) is 12.1 Å². The van der Waals surface area contributed by atoms with Gasteiger partial charge in [-0.2, -0.15) is 0 Å². The molecule has 0 unspecified atom stereocenters. The number of primary amides is 1. The minimum Gasteiger partial charge on any atom is -0.366 e. The molecule has 0 atom stereocenters. The monoisotopic (exact) mass is 277 g/mol. The zero-order valence-electron chi connectivity index (χ0n) is 7.39. The standard InChI is InChI=1S/C9H6BrF2NO2/c10-3-6(14)7-5(11)2-1-4(8(7)12)9(13)15/h1-2H,3H2,(H2,13,15). The number of Topliss-reactive ketones (excluding diaryl/α,β-unsaturated/α-hetero) is 1. The second kappa shape index (κ2) is 4.48. The van der Waals surface area contributed by atoms with Crippen LogP contribution in [0.2, 0.25) is 0 Å². The van der Waals surface area contributed by atoms with E-state index in [4.69, 9.17) is 5.73 Å². The normalized spacial score (nSPS) is 10.1. The van der Waals surface area contributed by atoms with E-state index in [9.17, 15) is 18.4 Å². The van der Waals surface area contributed by atoms with Crippen molar-refractivity contribution in [1.29, 1.82) is 0 Å². The molecule has 3 nitrogen and oxygen atoms in total. The van der Waals surface area contributed by atoms with Crippen LogP contribution in [-0.4, -0.2) is 17.0 Å². The molecule has 0 saturated carbocycles. The number of nitrogens with two attached hydrogens (primary N) is 1. The number of benzene rings is 1. The summed E-state index contributed by atoms with van der Waals surface area (Å²) in [7, 11) is 0. The van der Waals surface area contributed by atoms with Crippen molar-refractivity contribution in [3.63, 3.8) is 0 Å². The highest BCUT2D eigenvalue weighted by Gasteiger charge is 2.21.